The van der Waals surface area contributed by atoms with Crippen LogP contribution in [-0.4, -0.2) is 23.4 Å². The average Bonchev–Trinajstić information content (AvgIpc) is 1.83. The van der Waals surface area contributed by atoms with Crippen LogP contribution in [0.25, 0.3) is 0 Å². The van der Waals surface area contributed by atoms with Gasteiger partial charge in [-0.15, -0.1) is 0 Å². The van der Waals surface area contributed by atoms with Crippen molar-refractivity contribution in [2.45, 2.75) is 6.43 Å². The van der Waals surface area contributed by atoms with Gasteiger partial charge in [0.2, 0.25) is 0 Å². The number of rotatable bonds is 3. The van der Waals surface area contributed by atoms with E-state index in [0.29, 0.717) is 0 Å². The van der Waals surface area contributed by atoms with E-state index in [0.717, 1.165) is 0 Å². The van der Waals surface area contributed by atoms with E-state index in [2.05, 4.69) is 4.74 Å². The van der Waals surface area contributed by atoms with Gasteiger partial charge >= 0.3 is 5.97 Å². The Labute approximate surface area is 64.7 Å². The molecule has 0 radical (unpaired) electrons. The van der Waals surface area contributed by atoms with Gasteiger partial charge in [-0.25, -0.2) is 8.78 Å². The molecule has 0 saturated heterocycles. The highest BCUT2D eigenvalue weighted by molar-refractivity contribution is 14.1. The van der Waals surface area contributed by atoms with Crippen LogP contribution >= 0.6 is 22.6 Å². The zero-order valence-electron chi connectivity index (χ0n) is 4.44. The third-order valence-electron chi connectivity index (χ3n) is 0.479. The number of hydrogen-bond acceptors (Lipinski definition) is 2. The van der Waals surface area contributed by atoms with Crippen LogP contribution in [0.5, 0.6) is 0 Å². The molecule has 0 aromatic rings. The van der Waals surface area contributed by atoms with Crippen LogP contribution in [-0.2, 0) is 9.53 Å². The minimum atomic E-state index is -2.56. The van der Waals surface area contributed by atoms with Gasteiger partial charge in [-0.1, -0.05) is 22.6 Å². The molecule has 0 aliphatic rings. The van der Waals surface area contributed by atoms with Crippen molar-refractivity contribution in [2.75, 3.05) is 11.0 Å². The Bertz CT molecular complexity index is 96.6. The molecule has 5 heteroatoms. The van der Waals surface area contributed by atoms with Gasteiger partial charge in [0.1, 0.15) is 0 Å². The molecule has 0 fully saturated rings. The summed E-state index contributed by atoms with van der Waals surface area (Å²) in [7, 11) is 0. The van der Waals surface area contributed by atoms with Gasteiger partial charge in [0, 0.05) is 0 Å². The maximum absolute atomic E-state index is 11.3. The lowest BCUT2D eigenvalue weighted by atomic mass is 10.7. The second-order valence-corrected chi connectivity index (χ2v) is 1.97. The Hall–Kier alpha value is 0.0600. The van der Waals surface area contributed by atoms with Gasteiger partial charge < -0.3 is 4.74 Å². The van der Waals surface area contributed by atoms with Crippen LogP contribution in [0.4, 0.5) is 8.78 Å². The average molecular weight is 250 g/mol. The third-order valence-corrected chi connectivity index (χ3v) is 1.10. The summed E-state index contributed by atoms with van der Waals surface area (Å²) < 4.78 is 26.7. The number of ether oxygens (including phenoxy) is 1. The van der Waals surface area contributed by atoms with E-state index < -0.39 is 19.0 Å². The Morgan fingerprint density at radius 1 is 1.67 bits per heavy atom. The second kappa shape index (κ2) is 4.89. The summed E-state index contributed by atoms with van der Waals surface area (Å²) >= 11 is 1.74. The fourth-order valence-electron chi connectivity index (χ4n) is 0.195. The molecule has 0 aromatic carbocycles. The molecule has 0 heterocycles. The van der Waals surface area contributed by atoms with E-state index in [1.54, 1.807) is 22.6 Å². The lowest BCUT2D eigenvalue weighted by Crippen LogP contribution is -2.11. The van der Waals surface area contributed by atoms with E-state index in [-0.39, 0.29) is 4.43 Å². The van der Waals surface area contributed by atoms with Gasteiger partial charge in [-0.05, 0) is 0 Å². The van der Waals surface area contributed by atoms with E-state index in [9.17, 15) is 13.6 Å². The molecule has 0 saturated carbocycles. The molecule has 54 valence electrons. The molecule has 9 heavy (non-hydrogen) atoms. The molecule has 0 aromatic heterocycles. The third kappa shape index (κ3) is 5.94. The summed E-state index contributed by atoms with van der Waals surface area (Å²) in [6, 6.07) is 0. The summed E-state index contributed by atoms with van der Waals surface area (Å²) in [5, 5.41) is 0. The monoisotopic (exact) mass is 250 g/mol. The fourth-order valence-corrected chi connectivity index (χ4v) is 0.415. The molecular formula is C4H5F2IO2. The second-order valence-electron chi connectivity index (χ2n) is 1.21. The standard InChI is InChI=1S/C4H5F2IO2/c5-3(6)2-9-4(8)1-7/h3H,1-2H2. The summed E-state index contributed by atoms with van der Waals surface area (Å²) in [5.41, 5.74) is 0. The SMILES string of the molecule is O=C(CI)OCC(F)F. The maximum atomic E-state index is 11.3. The molecule has 0 bridgehead atoms. The molecule has 0 aliphatic heterocycles. The predicted molar refractivity (Wildman–Crippen MR) is 35.9 cm³/mol. The summed E-state index contributed by atoms with van der Waals surface area (Å²) in [5.74, 6) is -0.601. The lowest BCUT2D eigenvalue weighted by molar-refractivity contribution is -0.144. The lowest BCUT2D eigenvalue weighted by Gasteiger charge is -1.98. The van der Waals surface area contributed by atoms with Crippen molar-refractivity contribution in [2.24, 2.45) is 0 Å². The highest BCUT2D eigenvalue weighted by Gasteiger charge is 2.05. The predicted octanol–water partition coefficient (Wildman–Crippen LogP) is 1.23. The zero-order chi connectivity index (χ0) is 7.28. The minimum Gasteiger partial charge on any atom is -0.459 e. The van der Waals surface area contributed by atoms with Gasteiger partial charge in [-0.3, -0.25) is 4.79 Å². The maximum Gasteiger partial charge on any atom is 0.315 e. The zero-order valence-corrected chi connectivity index (χ0v) is 6.60. The van der Waals surface area contributed by atoms with Crippen LogP contribution in [0.15, 0.2) is 0 Å². The molecule has 0 rings (SSSR count). The van der Waals surface area contributed by atoms with Crippen molar-refractivity contribution < 1.29 is 18.3 Å². The summed E-state index contributed by atoms with van der Waals surface area (Å²) in [6.45, 7) is -0.790. The quantitative estimate of drug-likeness (QED) is 0.427. The smallest absolute Gasteiger partial charge is 0.315 e. The van der Waals surface area contributed by atoms with E-state index >= 15 is 0 Å². The summed E-state index contributed by atoms with van der Waals surface area (Å²) in [6.07, 6.45) is -2.56. The van der Waals surface area contributed by atoms with E-state index in [1.807, 2.05) is 0 Å². The highest BCUT2D eigenvalue weighted by atomic mass is 127. The number of halogens is 3. The van der Waals surface area contributed by atoms with E-state index in [4.69, 9.17) is 0 Å². The molecule has 0 amide bonds. The van der Waals surface area contributed by atoms with Gasteiger partial charge in [0.25, 0.3) is 6.43 Å². The largest absolute Gasteiger partial charge is 0.459 e. The van der Waals surface area contributed by atoms with Crippen molar-refractivity contribution in [3.8, 4) is 0 Å². The number of hydrogen-bond donors (Lipinski definition) is 0. The first kappa shape index (κ1) is 9.06. The van der Waals surface area contributed by atoms with Gasteiger partial charge in [-0.2, -0.15) is 0 Å². The van der Waals surface area contributed by atoms with Crippen LogP contribution in [0, 0.1) is 0 Å². The first-order chi connectivity index (χ1) is 4.16. The van der Waals surface area contributed by atoms with Gasteiger partial charge in [0.05, 0.1) is 4.43 Å². The van der Waals surface area contributed by atoms with Crippen molar-refractivity contribution in [1.29, 1.82) is 0 Å². The van der Waals surface area contributed by atoms with Crippen LogP contribution in [0.1, 0.15) is 0 Å². The Morgan fingerprint density at radius 2 is 2.22 bits per heavy atom. The number of carbonyl (C=O) groups excluding carboxylic acids is 1. The number of alkyl halides is 3. The first-order valence-corrected chi connectivity index (χ1v) is 3.69. The van der Waals surface area contributed by atoms with Crippen molar-refractivity contribution in [1.82, 2.24) is 0 Å². The fraction of sp³-hybridized carbons (Fsp3) is 0.750. The topological polar surface area (TPSA) is 26.3 Å². The van der Waals surface area contributed by atoms with Crippen molar-refractivity contribution in [3.05, 3.63) is 0 Å². The Kier molecular flexibility index (Phi) is 4.93. The van der Waals surface area contributed by atoms with Crippen molar-refractivity contribution >= 4 is 28.6 Å². The van der Waals surface area contributed by atoms with Crippen LogP contribution in [0.3, 0.4) is 0 Å². The minimum absolute atomic E-state index is 0.116. The van der Waals surface area contributed by atoms with Crippen LogP contribution in [0.2, 0.25) is 0 Å². The highest BCUT2D eigenvalue weighted by Crippen LogP contribution is 1.94. The van der Waals surface area contributed by atoms with E-state index in [1.165, 1.54) is 0 Å². The molecule has 0 atom stereocenters. The molecule has 0 unspecified atom stereocenters. The van der Waals surface area contributed by atoms with Crippen LogP contribution < -0.4 is 0 Å². The molecular weight excluding hydrogens is 245 g/mol. The number of esters is 1. The van der Waals surface area contributed by atoms with Crippen molar-refractivity contribution in [3.63, 3.8) is 0 Å². The number of carbonyl (C=O) groups is 1. The molecule has 0 spiro atoms. The molecule has 2 nitrogen and oxygen atoms in total. The Morgan fingerprint density at radius 3 is 2.56 bits per heavy atom. The molecule has 0 aliphatic carbocycles. The normalized spacial score (nSPS) is 9.78. The first-order valence-electron chi connectivity index (χ1n) is 2.16. The Balaban J connectivity index is 3.17. The molecule has 0 N–H and O–H groups in total. The van der Waals surface area contributed by atoms with Gasteiger partial charge in [0.15, 0.2) is 6.61 Å². The summed E-state index contributed by atoms with van der Waals surface area (Å²) in [4.78, 5) is 10.2.